The Hall–Kier alpha value is -0.930. The highest BCUT2D eigenvalue weighted by Crippen LogP contribution is 2.21. The largest absolute Gasteiger partial charge is 0.378 e. The van der Waals surface area contributed by atoms with Crippen molar-refractivity contribution in [3.05, 3.63) is 29.6 Å². The van der Waals surface area contributed by atoms with Gasteiger partial charge in [0.05, 0.1) is 19.3 Å². The Labute approximate surface area is 83.7 Å². The van der Waals surface area contributed by atoms with Gasteiger partial charge in [-0.05, 0) is 11.6 Å². The van der Waals surface area contributed by atoms with E-state index in [4.69, 9.17) is 4.74 Å². The third-order valence-corrected chi connectivity index (χ3v) is 3.13. The van der Waals surface area contributed by atoms with E-state index in [0.717, 1.165) is 32.7 Å². The molecule has 0 saturated carbocycles. The Kier molecular flexibility index (Phi) is 2.00. The van der Waals surface area contributed by atoms with E-state index in [-0.39, 0.29) is 0 Å². The van der Waals surface area contributed by atoms with E-state index < -0.39 is 0 Å². The lowest BCUT2D eigenvalue weighted by Crippen LogP contribution is -2.50. The molecule has 0 aromatic carbocycles. The number of fused-ring (bicyclic) bond motifs is 1. The Morgan fingerprint density at radius 3 is 3.14 bits per heavy atom. The molecule has 3 heteroatoms. The molecule has 14 heavy (non-hydrogen) atoms. The number of rotatable bonds is 1. The molecule has 3 heterocycles. The van der Waals surface area contributed by atoms with Gasteiger partial charge in [0.1, 0.15) is 0 Å². The van der Waals surface area contributed by atoms with Gasteiger partial charge in [-0.3, -0.25) is 9.88 Å². The molecule has 3 rings (SSSR count). The van der Waals surface area contributed by atoms with Gasteiger partial charge in [-0.25, -0.2) is 0 Å². The predicted molar refractivity (Wildman–Crippen MR) is 53.0 cm³/mol. The first-order chi connectivity index (χ1) is 6.93. The van der Waals surface area contributed by atoms with E-state index in [1.807, 2.05) is 12.3 Å². The van der Waals surface area contributed by atoms with Crippen molar-refractivity contribution in [1.29, 1.82) is 0 Å². The summed E-state index contributed by atoms with van der Waals surface area (Å²) in [6, 6.07) is 4.87. The summed E-state index contributed by atoms with van der Waals surface area (Å²) in [5.41, 5.74) is 2.68. The summed E-state index contributed by atoms with van der Waals surface area (Å²) in [5, 5.41) is 0. The molecule has 1 fully saturated rings. The van der Waals surface area contributed by atoms with Crippen LogP contribution in [0, 0.1) is 0 Å². The summed E-state index contributed by atoms with van der Waals surface area (Å²) in [6.45, 7) is 4.01. The second-order valence-electron chi connectivity index (χ2n) is 4.02. The standard InChI is InChI=1S/C11H14N2O/c1-2-9-6-13(10-7-14-8-10)5-3-11(9)12-4-1/h1-2,4,10H,3,5-8H2. The smallest absolute Gasteiger partial charge is 0.0645 e. The second-order valence-corrected chi connectivity index (χ2v) is 4.02. The zero-order valence-corrected chi connectivity index (χ0v) is 8.15. The highest BCUT2D eigenvalue weighted by Gasteiger charge is 2.28. The highest BCUT2D eigenvalue weighted by atomic mass is 16.5. The number of aromatic nitrogens is 1. The van der Waals surface area contributed by atoms with Crippen LogP contribution in [0.2, 0.25) is 0 Å². The van der Waals surface area contributed by atoms with E-state index in [9.17, 15) is 0 Å². The molecule has 0 aliphatic carbocycles. The van der Waals surface area contributed by atoms with Crippen molar-refractivity contribution >= 4 is 0 Å². The van der Waals surface area contributed by atoms with Crippen LogP contribution in [0.3, 0.4) is 0 Å². The van der Waals surface area contributed by atoms with Crippen molar-refractivity contribution in [2.24, 2.45) is 0 Å². The van der Waals surface area contributed by atoms with Crippen LogP contribution in [0.5, 0.6) is 0 Å². The molecule has 0 unspecified atom stereocenters. The monoisotopic (exact) mass is 190 g/mol. The molecule has 0 amide bonds. The molecule has 1 saturated heterocycles. The number of pyridine rings is 1. The van der Waals surface area contributed by atoms with Crippen LogP contribution in [0.15, 0.2) is 18.3 Å². The van der Waals surface area contributed by atoms with Crippen LogP contribution in [0.25, 0.3) is 0 Å². The Balaban J connectivity index is 1.79. The average molecular weight is 190 g/mol. The predicted octanol–water partition coefficient (Wildman–Crippen LogP) is 0.839. The van der Waals surface area contributed by atoms with Gasteiger partial charge >= 0.3 is 0 Å². The minimum atomic E-state index is 0.656. The summed E-state index contributed by atoms with van der Waals surface area (Å²) in [7, 11) is 0. The van der Waals surface area contributed by atoms with Gasteiger partial charge in [-0.15, -0.1) is 0 Å². The molecule has 2 aliphatic rings. The fourth-order valence-corrected chi connectivity index (χ4v) is 2.13. The van der Waals surface area contributed by atoms with Crippen LogP contribution in [0.1, 0.15) is 11.3 Å². The maximum absolute atomic E-state index is 5.22. The van der Waals surface area contributed by atoms with Crippen LogP contribution in [-0.4, -0.2) is 35.7 Å². The lowest BCUT2D eigenvalue weighted by Gasteiger charge is -2.39. The summed E-state index contributed by atoms with van der Waals surface area (Å²) < 4.78 is 5.22. The first-order valence-corrected chi connectivity index (χ1v) is 5.18. The molecule has 0 bridgehead atoms. The lowest BCUT2D eigenvalue weighted by atomic mass is 10.0. The van der Waals surface area contributed by atoms with Crippen molar-refractivity contribution in [3.63, 3.8) is 0 Å². The molecule has 0 N–H and O–H groups in total. The lowest BCUT2D eigenvalue weighted by molar-refractivity contribution is -0.0696. The molecule has 1 aromatic heterocycles. The summed E-state index contributed by atoms with van der Waals surface area (Å²) >= 11 is 0. The maximum Gasteiger partial charge on any atom is 0.0645 e. The number of hydrogen-bond acceptors (Lipinski definition) is 3. The molecular formula is C11H14N2O. The van der Waals surface area contributed by atoms with Crippen LogP contribution in [-0.2, 0) is 17.7 Å². The molecule has 1 aromatic rings. The fourth-order valence-electron chi connectivity index (χ4n) is 2.13. The minimum Gasteiger partial charge on any atom is -0.378 e. The molecule has 0 spiro atoms. The molecule has 74 valence electrons. The summed E-state index contributed by atoms with van der Waals surface area (Å²) in [6.07, 6.45) is 2.98. The number of ether oxygens (including phenoxy) is 1. The van der Waals surface area contributed by atoms with E-state index in [1.165, 1.54) is 11.3 Å². The van der Waals surface area contributed by atoms with Gasteiger partial charge < -0.3 is 4.74 Å². The van der Waals surface area contributed by atoms with Crippen LogP contribution in [0.4, 0.5) is 0 Å². The van der Waals surface area contributed by atoms with Gasteiger partial charge in [0, 0.05) is 31.4 Å². The van der Waals surface area contributed by atoms with Gasteiger partial charge in [-0.1, -0.05) is 6.07 Å². The van der Waals surface area contributed by atoms with Gasteiger partial charge in [0.15, 0.2) is 0 Å². The summed E-state index contributed by atoms with van der Waals surface area (Å²) in [4.78, 5) is 6.91. The highest BCUT2D eigenvalue weighted by molar-refractivity contribution is 5.22. The first kappa shape index (κ1) is 8.38. The minimum absolute atomic E-state index is 0.656. The summed E-state index contributed by atoms with van der Waals surface area (Å²) in [5.74, 6) is 0. The average Bonchev–Trinajstić information content (AvgIpc) is 2.15. The molecule has 3 nitrogen and oxygen atoms in total. The zero-order valence-electron chi connectivity index (χ0n) is 8.15. The van der Waals surface area contributed by atoms with Gasteiger partial charge in [0.2, 0.25) is 0 Å². The van der Waals surface area contributed by atoms with Gasteiger partial charge in [0.25, 0.3) is 0 Å². The third kappa shape index (κ3) is 1.33. The molecule has 2 aliphatic heterocycles. The van der Waals surface area contributed by atoms with E-state index in [1.54, 1.807) is 0 Å². The van der Waals surface area contributed by atoms with E-state index in [0.29, 0.717) is 6.04 Å². The number of nitrogens with zero attached hydrogens (tertiary/aromatic N) is 2. The van der Waals surface area contributed by atoms with Crippen molar-refractivity contribution < 1.29 is 4.74 Å². The Morgan fingerprint density at radius 2 is 2.36 bits per heavy atom. The van der Waals surface area contributed by atoms with Crippen LogP contribution < -0.4 is 0 Å². The van der Waals surface area contributed by atoms with Crippen molar-refractivity contribution in [3.8, 4) is 0 Å². The maximum atomic E-state index is 5.22. The Bertz CT molecular complexity index is 336. The van der Waals surface area contributed by atoms with Crippen molar-refractivity contribution in [1.82, 2.24) is 9.88 Å². The molecule has 0 radical (unpaired) electrons. The van der Waals surface area contributed by atoms with E-state index >= 15 is 0 Å². The SMILES string of the molecule is c1cnc2c(c1)CN(C1COC1)CC2. The zero-order chi connectivity index (χ0) is 9.38. The molecular weight excluding hydrogens is 176 g/mol. The van der Waals surface area contributed by atoms with E-state index in [2.05, 4.69) is 16.0 Å². The van der Waals surface area contributed by atoms with Crippen molar-refractivity contribution in [2.45, 2.75) is 19.0 Å². The van der Waals surface area contributed by atoms with Crippen LogP contribution >= 0.6 is 0 Å². The van der Waals surface area contributed by atoms with Gasteiger partial charge in [-0.2, -0.15) is 0 Å². The Morgan fingerprint density at radius 1 is 1.43 bits per heavy atom. The fraction of sp³-hybridized carbons (Fsp3) is 0.545. The normalized spacial score (nSPS) is 22.9. The van der Waals surface area contributed by atoms with Crippen molar-refractivity contribution in [2.75, 3.05) is 19.8 Å². The quantitative estimate of drug-likeness (QED) is 0.656. The molecule has 0 atom stereocenters. The first-order valence-electron chi connectivity index (χ1n) is 5.18. The third-order valence-electron chi connectivity index (χ3n) is 3.13. The topological polar surface area (TPSA) is 25.4 Å². The number of hydrogen-bond donors (Lipinski definition) is 0. The second kappa shape index (κ2) is 3.33.